The maximum absolute atomic E-state index is 11.1. The van der Waals surface area contributed by atoms with Crippen LogP contribution in [0.5, 0.6) is 0 Å². The van der Waals surface area contributed by atoms with Crippen LogP contribution in [0.25, 0.3) is 0 Å². The smallest absolute Gasteiger partial charge is 0.327 e. The van der Waals surface area contributed by atoms with Crippen LogP contribution in [0.3, 0.4) is 0 Å². The molecule has 2 aromatic heterocycles. The lowest BCUT2D eigenvalue weighted by atomic mass is 10.4. The van der Waals surface area contributed by atoms with Crippen LogP contribution in [0.4, 0.5) is 0 Å². The Morgan fingerprint density at radius 3 is 3.24 bits per heavy atom. The van der Waals surface area contributed by atoms with Crippen molar-refractivity contribution in [1.82, 2.24) is 25.4 Å². The van der Waals surface area contributed by atoms with Gasteiger partial charge in [0.2, 0.25) is 5.16 Å². The summed E-state index contributed by atoms with van der Waals surface area (Å²) in [5.41, 5.74) is 0.919. The molecule has 17 heavy (non-hydrogen) atoms. The first kappa shape index (κ1) is 11.6. The summed E-state index contributed by atoms with van der Waals surface area (Å²) in [6.07, 6.45) is 3.16. The Morgan fingerprint density at radius 2 is 2.53 bits per heavy atom. The summed E-state index contributed by atoms with van der Waals surface area (Å²) >= 11 is 1.38. The van der Waals surface area contributed by atoms with E-state index >= 15 is 0 Å². The Balaban J connectivity index is 1.96. The highest BCUT2D eigenvalue weighted by molar-refractivity contribution is 7.98. The lowest BCUT2D eigenvalue weighted by Gasteiger charge is -2.01. The van der Waals surface area contributed by atoms with Crippen molar-refractivity contribution in [3.05, 3.63) is 18.0 Å². The Labute approximate surface area is 100 Å². The summed E-state index contributed by atoms with van der Waals surface area (Å²) < 4.78 is 10.6. The molecule has 2 heterocycles. The molecular formula is C8H9N5O3S. The summed E-state index contributed by atoms with van der Waals surface area (Å²) in [4.78, 5) is 11.1. The standard InChI is InChI=1S/C8H9N5O3S/c1-15-7(14)3-13-8(10-11-12-13)17-5-6-2-9-16-4-6/h2,4H,3,5H2,1H3. The third-order valence-corrected chi connectivity index (χ3v) is 2.89. The predicted octanol–water partition coefficient (Wildman–Crippen LogP) is 0.126. The number of methoxy groups -OCH3 is 1. The minimum Gasteiger partial charge on any atom is -0.468 e. The molecule has 9 heteroatoms. The third-order valence-electron chi connectivity index (χ3n) is 1.86. The molecule has 0 N–H and O–H groups in total. The molecule has 0 fully saturated rings. The maximum Gasteiger partial charge on any atom is 0.327 e. The number of carbonyl (C=O) groups is 1. The third kappa shape index (κ3) is 3.03. The van der Waals surface area contributed by atoms with E-state index < -0.39 is 5.97 Å². The number of aromatic nitrogens is 5. The van der Waals surface area contributed by atoms with Gasteiger partial charge in [-0.2, -0.15) is 0 Å². The van der Waals surface area contributed by atoms with Gasteiger partial charge in [0.05, 0.1) is 13.3 Å². The predicted molar refractivity (Wildman–Crippen MR) is 55.9 cm³/mol. The summed E-state index contributed by atoms with van der Waals surface area (Å²) in [5.74, 6) is 0.217. The fourth-order valence-corrected chi connectivity index (χ4v) is 1.81. The molecule has 2 rings (SSSR count). The molecule has 0 amide bonds. The molecule has 0 aliphatic carbocycles. The van der Waals surface area contributed by atoms with Gasteiger partial charge in [-0.3, -0.25) is 4.79 Å². The quantitative estimate of drug-likeness (QED) is 0.549. The molecule has 0 spiro atoms. The van der Waals surface area contributed by atoms with Gasteiger partial charge in [0, 0.05) is 11.3 Å². The molecular weight excluding hydrogens is 246 g/mol. The lowest BCUT2D eigenvalue weighted by Crippen LogP contribution is -2.13. The zero-order valence-corrected chi connectivity index (χ0v) is 9.75. The Kier molecular flexibility index (Phi) is 3.70. The zero-order valence-electron chi connectivity index (χ0n) is 8.94. The van der Waals surface area contributed by atoms with Gasteiger partial charge in [-0.25, -0.2) is 4.68 Å². The topological polar surface area (TPSA) is 95.9 Å². The molecule has 0 saturated carbocycles. The molecule has 0 saturated heterocycles. The van der Waals surface area contributed by atoms with Crippen LogP contribution in [-0.2, 0) is 21.8 Å². The van der Waals surface area contributed by atoms with E-state index in [1.165, 1.54) is 23.6 Å². The van der Waals surface area contributed by atoms with E-state index in [4.69, 9.17) is 4.52 Å². The second-order valence-electron chi connectivity index (χ2n) is 3.02. The number of hydrogen-bond donors (Lipinski definition) is 0. The average molecular weight is 255 g/mol. The largest absolute Gasteiger partial charge is 0.468 e. The zero-order chi connectivity index (χ0) is 12.1. The number of thioether (sulfide) groups is 1. The van der Waals surface area contributed by atoms with Crippen LogP contribution in [0, 0.1) is 0 Å². The highest BCUT2D eigenvalue weighted by Crippen LogP contribution is 2.19. The van der Waals surface area contributed by atoms with Crippen molar-refractivity contribution in [2.75, 3.05) is 7.11 Å². The highest BCUT2D eigenvalue weighted by Gasteiger charge is 2.11. The van der Waals surface area contributed by atoms with E-state index in [-0.39, 0.29) is 6.54 Å². The van der Waals surface area contributed by atoms with Crippen molar-refractivity contribution < 1.29 is 14.1 Å². The highest BCUT2D eigenvalue weighted by atomic mass is 32.2. The number of tetrazole rings is 1. The normalized spacial score (nSPS) is 10.4. The number of esters is 1. The average Bonchev–Trinajstić information content (AvgIpc) is 2.97. The molecule has 90 valence electrons. The summed E-state index contributed by atoms with van der Waals surface area (Å²) in [7, 11) is 1.32. The minimum atomic E-state index is -0.399. The van der Waals surface area contributed by atoms with Crippen molar-refractivity contribution in [1.29, 1.82) is 0 Å². The number of rotatable bonds is 5. The van der Waals surface area contributed by atoms with Crippen molar-refractivity contribution >= 4 is 17.7 Å². The van der Waals surface area contributed by atoms with E-state index in [0.29, 0.717) is 10.9 Å². The number of hydrogen-bond acceptors (Lipinski definition) is 8. The monoisotopic (exact) mass is 255 g/mol. The Bertz CT molecular complexity index is 483. The summed E-state index contributed by atoms with van der Waals surface area (Å²) in [5, 5.41) is 15.1. The first-order valence-electron chi connectivity index (χ1n) is 4.63. The maximum atomic E-state index is 11.1. The lowest BCUT2D eigenvalue weighted by molar-refractivity contribution is -0.141. The van der Waals surface area contributed by atoms with E-state index in [2.05, 4.69) is 25.4 Å². The van der Waals surface area contributed by atoms with Crippen molar-refractivity contribution in [3.63, 3.8) is 0 Å². The second kappa shape index (κ2) is 5.43. The molecule has 0 aliphatic rings. The van der Waals surface area contributed by atoms with Gasteiger partial charge in [0.1, 0.15) is 12.8 Å². The first-order valence-corrected chi connectivity index (χ1v) is 5.62. The van der Waals surface area contributed by atoms with Gasteiger partial charge >= 0.3 is 5.97 Å². The number of nitrogens with zero attached hydrogens (tertiary/aromatic N) is 5. The van der Waals surface area contributed by atoms with Crippen LogP contribution in [-0.4, -0.2) is 38.4 Å². The molecule has 8 nitrogen and oxygen atoms in total. The van der Waals surface area contributed by atoms with Crippen LogP contribution in [0.2, 0.25) is 0 Å². The van der Waals surface area contributed by atoms with Crippen LogP contribution >= 0.6 is 11.8 Å². The van der Waals surface area contributed by atoms with Crippen LogP contribution in [0.1, 0.15) is 5.56 Å². The van der Waals surface area contributed by atoms with Crippen LogP contribution < -0.4 is 0 Å². The Hall–Kier alpha value is -1.90. The van der Waals surface area contributed by atoms with Crippen LogP contribution in [0.15, 0.2) is 22.1 Å². The van der Waals surface area contributed by atoms with Crippen molar-refractivity contribution in [3.8, 4) is 0 Å². The van der Waals surface area contributed by atoms with Gasteiger partial charge < -0.3 is 9.26 Å². The molecule has 0 unspecified atom stereocenters. The SMILES string of the molecule is COC(=O)Cn1nnnc1SCc1cnoc1. The van der Waals surface area contributed by atoms with Gasteiger partial charge in [-0.15, -0.1) is 5.10 Å². The van der Waals surface area contributed by atoms with Gasteiger partial charge in [-0.1, -0.05) is 16.9 Å². The van der Waals surface area contributed by atoms with E-state index in [1.807, 2.05) is 0 Å². The van der Waals surface area contributed by atoms with Crippen molar-refractivity contribution in [2.24, 2.45) is 0 Å². The Morgan fingerprint density at radius 1 is 1.65 bits per heavy atom. The molecule has 0 aromatic carbocycles. The van der Waals surface area contributed by atoms with E-state index in [1.54, 1.807) is 12.5 Å². The molecule has 0 bridgehead atoms. The second-order valence-corrected chi connectivity index (χ2v) is 3.96. The van der Waals surface area contributed by atoms with Gasteiger partial charge in [0.25, 0.3) is 0 Å². The van der Waals surface area contributed by atoms with E-state index in [0.717, 1.165) is 5.56 Å². The molecule has 2 aromatic rings. The molecule has 0 atom stereocenters. The fraction of sp³-hybridized carbons (Fsp3) is 0.375. The minimum absolute atomic E-state index is 0.00449. The van der Waals surface area contributed by atoms with E-state index in [9.17, 15) is 4.79 Å². The summed E-state index contributed by atoms with van der Waals surface area (Å²) in [6.45, 7) is -0.00449. The van der Waals surface area contributed by atoms with Gasteiger partial charge in [0.15, 0.2) is 0 Å². The van der Waals surface area contributed by atoms with Crippen molar-refractivity contribution in [2.45, 2.75) is 17.5 Å². The first-order chi connectivity index (χ1) is 8.29. The molecule has 0 radical (unpaired) electrons. The number of ether oxygens (including phenoxy) is 1. The molecule has 0 aliphatic heterocycles. The number of carbonyl (C=O) groups excluding carboxylic acids is 1. The fourth-order valence-electron chi connectivity index (χ4n) is 1.03. The summed E-state index contributed by atoms with van der Waals surface area (Å²) in [6, 6.07) is 0. The van der Waals surface area contributed by atoms with Gasteiger partial charge in [-0.05, 0) is 10.4 Å².